The number of aromatic carboxylic acids is 1. The third-order valence-corrected chi connectivity index (χ3v) is 2.27. The maximum Gasteiger partial charge on any atom is 0.339 e. The fraction of sp³-hybridized carbons (Fsp3) is 0.273. The zero-order valence-electron chi connectivity index (χ0n) is 9.30. The number of phenols is 1. The van der Waals surface area contributed by atoms with Gasteiger partial charge in [-0.15, -0.1) is 0 Å². The molecule has 5 N–H and O–H groups in total. The Morgan fingerprint density at radius 2 is 2.12 bits per heavy atom. The van der Waals surface area contributed by atoms with E-state index in [1.165, 1.54) is 18.2 Å². The summed E-state index contributed by atoms with van der Waals surface area (Å²) in [6, 6.07) is 3.15. The van der Waals surface area contributed by atoms with Crippen LogP contribution < -0.4 is 11.1 Å². The van der Waals surface area contributed by atoms with Gasteiger partial charge in [0.25, 0.3) is 0 Å². The Morgan fingerprint density at radius 3 is 2.59 bits per heavy atom. The SMILES string of the molecule is CC[C@@H](N)C(=O)Nc1ccc(C(=O)O)c(O)c1. The number of nitrogens with one attached hydrogen (secondary N) is 1. The Bertz CT molecular complexity index is 445. The summed E-state index contributed by atoms with van der Waals surface area (Å²) in [4.78, 5) is 22.1. The highest BCUT2D eigenvalue weighted by Gasteiger charge is 2.13. The standard InChI is InChI=1S/C11H14N2O4/c1-2-8(12)10(15)13-6-3-4-7(11(16)17)9(14)5-6/h3-5,8,14H,2,12H2,1H3,(H,13,15)(H,16,17)/t8-/m1/s1. The van der Waals surface area contributed by atoms with E-state index in [9.17, 15) is 14.7 Å². The summed E-state index contributed by atoms with van der Waals surface area (Å²) in [6.07, 6.45) is 0.491. The van der Waals surface area contributed by atoms with E-state index in [0.29, 0.717) is 12.1 Å². The molecule has 92 valence electrons. The number of nitrogens with two attached hydrogens (primary N) is 1. The average Bonchev–Trinajstić information content (AvgIpc) is 2.27. The molecular formula is C11H14N2O4. The monoisotopic (exact) mass is 238 g/mol. The van der Waals surface area contributed by atoms with Gasteiger partial charge in [-0.3, -0.25) is 4.79 Å². The molecule has 0 saturated heterocycles. The Labute approximate surface area is 98.1 Å². The van der Waals surface area contributed by atoms with Crippen molar-refractivity contribution in [2.45, 2.75) is 19.4 Å². The molecule has 0 aliphatic carbocycles. The van der Waals surface area contributed by atoms with E-state index >= 15 is 0 Å². The molecule has 1 amide bonds. The Kier molecular flexibility index (Phi) is 4.06. The highest BCUT2D eigenvalue weighted by molar-refractivity contribution is 5.96. The van der Waals surface area contributed by atoms with Crippen molar-refractivity contribution in [2.75, 3.05) is 5.32 Å². The molecule has 17 heavy (non-hydrogen) atoms. The summed E-state index contributed by atoms with van der Waals surface area (Å²) in [6.45, 7) is 1.77. The predicted octanol–water partition coefficient (Wildman–Crippen LogP) is 0.766. The first-order chi connectivity index (χ1) is 7.95. The first kappa shape index (κ1) is 13.0. The zero-order valence-corrected chi connectivity index (χ0v) is 9.30. The minimum Gasteiger partial charge on any atom is -0.507 e. The number of carboxylic acid groups (broad SMARTS) is 1. The summed E-state index contributed by atoms with van der Waals surface area (Å²) >= 11 is 0. The molecule has 0 fully saturated rings. The largest absolute Gasteiger partial charge is 0.507 e. The second-order valence-electron chi connectivity index (χ2n) is 3.54. The van der Waals surface area contributed by atoms with Gasteiger partial charge in [0.15, 0.2) is 0 Å². The van der Waals surface area contributed by atoms with E-state index < -0.39 is 17.8 Å². The minimum absolute atomic E-state index is 0.220. The number of aromatic hydroxyl groups is 1. The molecule has 6 heteroatoms. The second kappa shape index (κ2) is 5.31. The lowest BCUT2D eigenvalue weighted by Gasteiger charge is -2.10. The molecule has 1 aromatic carbocycles. The fourth-order valence-corrected chi connectivity index (χ4v) is 1.21. The molecule has 0 unspecified atom stereocenters. The van der Waals surface area contributed by atoms with Crippen LogP contribution in [0.1, 0.15) is 23.7 Å². The lowest BCUT2D eigenvalue weighted by molar-refractivity contribution is -0.117. The quantitative estimate of drug-likeness (QED) is 0.618. The van der Waals surface area contributed by atoms with Crippen molar-refractivity contribution >= 4 is 17.6 Å². The molecule has 1 atom stereocenters. The first-order valence-electron chi connectivity index (χ1n) is 5.08. The lowest BCUT2D eigenvalue weighted by Crippen LogP contribution is -2.34. The molecule has 0 heterocycles. The van der Waals surface area contributed by atoms with Crippen LogP contribution in [0.3, 0.4) is 0 Å². The normalized spacial score (nSPS) is 11.9. The van der Waals surface area contributed by atoms with E-state index in [1.807, 2.05) is 0 Å². The highest BCUT2D eigenvalue weighted by Crippen LogP contribution is 2.21. The van der Waals surface area contributed by atoms with Gasteiger partial charge in [-0.1, -0.05) is 6.92 Å². The maximum atomic E-state index is 11.4. The number of amides is 1. The van der Waals surface area contributed by atoms with Gasteiger partial charge in [0.05, 0.1) is 6.04 Å². The Hall–Kier alpha value is -2.08. The molecule has 1 aromatic rings. The number of carbonyl (C=O) groups is 2. The molecule has 0 aliphatic heterocycles. The number of hydrogen-bond acceptors (Lipinski definition) is 4. The van der Waals surface area contributed by atoms with Gasteiger partial charge < -0.3 is 21.3 Å². The summed E-state index contributed by atoms with van der Waals surface area (Å²) in [7, 11) is 0. The van der Waals surface area contributed by atoms with Crippen molar-refractivity contribution in [1.29, 1.82) is 0 Å². The molecule has 0 bridgehead atoms. The van der Waals surface area contributed by atoms with Crippen molar-refractivity contribution < 1.29 is 19.8 Å². The predicted molar refractivity (Wildman–Crippen MR) is 62.0 cm³/mol. The lowest BCUT2D eigenvalue weighted by atomic mass is 10.1. The summed E-state index contributed by atoms with van der Waals surface area (Å²) < 4.78 is 0. The van der Waals surface area contributed by atoms with E-state index in [0.717, 1.165) is 0 Å². The van der Waals surface area contributed by atoms with Crippen LogP contribution in [0.5, 0.6) is 5.75 Å². The maximum absolute atomic E-state index is 11.4. The van der Waals surface area contributed by atoms with Crippen LogP contribution in [-0.2, 0) is 4.79 Å². The molecule has 0 spiro atoms. The third-order valence-electron chi connectivity index (χ3n) is 2.27. The Morgan fingerprint density at radius 1 is 1.47 bits per heavy atom. The van der Waals surface area contributed by atoms with Crippen molar-refractivity contribution in [2.24, 2.45) is 5.73 Å². The molecule has 1 rings (SSSR count). The van der Waals surface area contributed by atoms with Crippen molar-refractivity contribution in [3.05, 3.63) is 23.8 Å². The number of carboxylic acids is 1. The summed E-state index contributed by atoms with van der Waals surface area (Å²) in [5.74, 6) is -2.01. The van der Waals surface area contributed by atoms with Gasteiger partial charge in [-0.05, 0) is 18.6 Å². The molecular weight excluding hydrogens is 224 g/mol. The molecule has 0 radical (unpaired) electrons. The first-order valence-corrected chi connectivity index (χ1v) is 5.08. The number of benzene rings is 1. The van der Waals surface area contributed by atoms with Gasteiger partial charge in [-0.25, -0.2) is 4.79 Å². The van der Waals surface area contributed by atoms with Crippen LogP contribution in [0, 0.1) is 0 Å². The average molecular weight is 238 g/mol. The van der Waals surface area contributed by atoms with Crippen molar-refractivity contribution in [3.8, 4) is 5.75 Å². The number of rotatable bonds is 4. The molecule has 0 aliphatic rings. The van der Waals surface area contributed by atoms with Crippen LogP contribution in [0.25, 0.3) is 0 Å². The molecule has 6 nitrogen and oxygen atoms in total. The van der Waals surface area contributed by atoms with Crippen LogP contribution in [0.2, 0.25) is 0 Å². The molecule has 0 saturated carbocycles. The number of carbonyl (C=O) groups excluding carboxylic acids is 1. The van der Waals surface area contributed by atoms with Crippen LogP contribution in [0.15, 0.2) is 18.2 Å². The van der Waals surface area contributed by atoms with Crippen molar-refractivity contribution in [1.82, 2.24) is 0 Å². The van der Waals surface area contributed by atoms with E-state index in [4.69, 9.17) is 10.8 Å². The van der Waals surface area contributed by atoms with Crippen LogP contribution in [-0.4, -0.2) is 28.1 Å². The van der Waals surface area contributed by atoms with Gasteiger partial charge in [0.2, 0.25) is 5.91 Å². The van der Waals surface area contributed by atoms with Gasteiger partial charge in [0, 0.05) is 11.8 Å². The summed E-state index contributed by atoms with van der Waals surface area (Å²) in [5, 5.41) is 20.6. The van der Waals surface area contributed by atoms with Crippen LogP contribution in [0.4, 0.5) is 5.69 Å². The minimum atomic E-state index is -1.23. The smallest absolute Gasteiger partial charge is 0.339 e. The van der Waals surface area contributed by atoms with E-state index in [-0.39, 0.29) is 11.5 Å². The van der Waals surface area contributed by atoms with Gasteiger partial charge in [0.1, 0.15) is 11.3 Å². The van der Waals surface area contributed by atoms with Crippen LogP contribution >= 0.6 is 0 Å². The molecule has 0 aromatic heterocycles. The van der Waals surface area contributed by atoms with Crippen molar-refractivity contribution in [3.63, 3.8) is 0 Å². The topological polar surface area (TPSA) is 113 Å². The fourth-order valence-electron chi connectivity index (χ4n) is 1.21. The van der Waals surface area contributed by atoms with Gasteiger partial charge in [-0.2, -0.15) is 0 Å². The third kappa shape index (κ3) is 3.18. The van der Waals surface area contributed by atoms with E-state index in [2.05, 4.69) is 5.32 Å². The number of hydrogen-bond donors (Lipinski definition) is 4. The van der Waals surface area contributed by atoms with Gasteiger partial charge >= 0.3 is 5.97 Å². The second-order valence-corrected chi connectivity index (χ2v) is 3.54. The highest BCUT2D eigenvalue weighted by atomic mass is 16.4. The van der Waals surface area contributed by atoms with E-state index in [1.54, 1.807) is 6.92 Å². The Balaban J connectivity index is 2.84. The number of anilines is 1. The zero-order chi connectivity index (χ0) is 13.0. The summed E-state index contributed by atoms with van der Waals surface area (Å²) in [5.41, 5.74) is 5.60.